The van der Waals surface area contributed by atoms with E-state index in [1.807, 2.05) is 16.5 Å². The Morgan fingerprint density at radius 3 is 2.88 bits per heavy atom. The van der Waals surface area contributed by atoms with Gasteiger partial charge in [-0.2, -0.15) is 0 Å². The molecule has 16 heavy (non-hydrogen) atoms. The number of fused-ring (bicyclic) bond motifs is 1. The molecule has 3 rings (SSSR count). The van der Waals surface area contributed by atoms with Gasteiger partial charge in [0, 0.05) is 5.92 Å². The average molecular weight is 235 g/mol. The second kappa shape index (κ2) is 3.59. The first-order valence-corrected chi connectivity index (χ1v) is 5.81. The van der Waals surface area contributed by atoms with Crippen molar-refractivity contribution >= 4 is 23.4 Å². The smallest absolute Gasteiger partial charge is 0.166 e. The number of carbonyl (C=O) groups is 1. The molecule has 2 heterocycles. The number of carbonyl (C=O) groups excluding carboxylic acids is 1. The van der Waals surface area contributed by atoms with Gasteiger partial charge in [0.15, 0.2) is 11.4 Å². The fourth-order valence-corrected chi connectivity index (χ4v) is 2.42. The summed E-state index contributed by atoms with van der Waals surface area (Å²) < 4.78 is 1.89. The van der Waals surface area contributed by atoms with E-state index in [-0.39, 0.29) is 0 Å². The highest BCUT2D eigenvalue weighted by Crippen LogP contribution is 2.37. The number of aldehydes is 1. The predicted octanol–water partition coefficient (Wildman–Crippen LogP) is 3.07. The van der Waals surface area contributed by atoms with Gasteiger partial charge < -0.3 is 0 Å². The third kappa shape index (κ3) is 1.28. The summed E-state index contributed by atoms with van der Waals surface area (Å²) in [6, 6.07) is 5.52. The van der Waals surface area contributed by atoms with E-state index in [1.165, 1.54) is 6.42 Å². The zero-order valence-electron chi connectivity index (χ0n) is 8.69. The Kier molecular flexibility index (Phi) is 2.21. The van der Waals surface area contributed by atoms with E-state index in [4.69, 9.17) is 11.6 Å². The number of halogens is 1. The molecule has 2 aromatic heterocycles. The number of imidazole rings is 1. The van der Waals surface area contributed by atoms with Crippen molar-refractivity contribution in [3.63, 3.8) is 0 Å². The van der Waals surface area contributed by atoms with E-state index in [9.17, 15) is 4.79 Å². The van der Waals surface area contributed by atoms with Crippen LogP contribution < -0.4 is 0 Å². The van der Waals surface area contributed by atoms with Gasteiger partial charge in [-0.1, -0.05) is 24.1 Å². The van der Waals surface area contributed by atoms with Gasteiger partial charge in [0.1, 0.15) is 5.82 Å². The first-order chi connectivity index (χ1) is 7.81. The lowest BCUT2D eigenvalue weighted by atomic mass is 9.85. The van der Waals surface area contributed by atoms with Crippen molar-refractivity contribution in [2.75, 3.05) is 0 Å². The van der Waals surface area contributed by atoms with Crippen LogP contribution >= 0.6 is 11.6 Å². The minimum absolute atomic E-state index is 0.459. The zero-order chi connectivity index (χ0) is 11.1. The first-order valence-electron chi connectivity index (χ1n) is 5.43. The highest BCUT2D eigenvalue weighted by atomic mass is 35.5. The van der Waals surface area contributed by atoms with Crippen LogP contribution in [0.2, 0.25) is 5.15 Å². The number of hydrogen-bond acceptors (Lipinski definition) is 2. The van der Waals surface area contributed by atoms with Crippen LogP contribution in [0, 0.1) is 0 Å². The molecule has 0 unspecified atom stereocenters. The molecule has 0 saturated heterocycles. The molecule has 0 atom stereocenters. The van der Waals surface area contributed by atoms with Gasteiger partial charge in [0.25, 0.3) is 0 Å². The van der Waals surface area contributed by atoms with Crippen LogP contribution in [0.1, 0.15) is 41.5 Å². The van der Waals surface area contributed by atoms with Gasteiger partial charge in [-0.3, -0.25) is 9.20 Å². The van der Waals surface area contributed by atoms with Crippen molar-refractivity contribution in [1.82, 2.24) is 9.38 Å². The highest BCUT2D eigenvalue weighted by molar-refractivity contribution is 6.32. The standard InChI is InChI=1S/C12H11ClN2O/c13-11-10-6-2-5-9(7-16)15(10)12(14-11)8-3-1-4-8/h2,5-8H,1,3-4H2. The molecule has 0 aliphatic heterocycles. The van der Waals surface area contributed by atoms with E-state index >= 15 is 0 Å². The summed E-state index contributed by atoms with van der Waals surface area (Å²) in [4.78, 5) is 15.4. The van der Waals surface area contributed by atoms with Gasteiger partial charge >= 0.3 is 0 Å². The molecule has 3 nitrogen and oxygen atoms in total. The molecule has 1 aliphatic rings. The zero-order valence-corrected chi connectivity index (χ0v) is 9.44. The maximum Gasteiger partial charge on any atom is 0.166 e. The molecule has 0 N–H and O–H groups in total. The third-order valence-electron chi connectivity index (χ3n) is 3.26. The van der Waals surface area contributed by atoms with Crippen LogP contribution in [0.3, 0.4) is 0 Å². The van der Waals surface area contributed by atoms with Crippen LogP contribution in [0.15, 0.2) is 18.2 Å². The van der Waals surface area contributed by atoms with Crippen molar-refractivity contribution in [1.29, 1.82) is 0 Å². The largest absolute Gasteiger partial charge is 0.296 e. The minimum Gasteiger partial charge on any atom is -0.296 e. The summed E-state index contributed by atoms with van der Waals surface area (Å²) in [5, 5.41) is 0.491. The summed E-state index contributed by atoms with van der Waals surface area (Å²) in [7, 11) is 0. The molecule has 82 valence electrons. The van der Waals surface area contributed by atoms with Crippen LogP contribution in [-0.4, -0.2) is 15.7 Å². The molecule has 4 heteroatoms. The fourth-order valence-electron chi connectivity index (χ4n) is 2.18. The normalized spacial score (nSPS) is 16.3. The Labute approximate surface area is 98.1 Å². The SMILES string of the molecule is O=Cc1cccc2c(Cl)nc(C3CCC3)n12. The fraction of sp³-hybridized carbons (Fsp3) is 0.333. The van der Waals surface area contributed by atoms with Crippen molar-refractivity contribution in [3.05, 3.63) is 34.9 Å². The number of pyridine rings is 1. The Hall–Kier alpha value is -1.35. The predicted molar refractivity (Wildman–Crippen MR) is 62.2 cm³/mol. The molecule has 0 bridgehead atoms. The Morgan fingerprint density at radius 2 is 2.25 bits per heavy atom. The summed E-state index contributed by atoms with van der Waals surface area (Å²) in [5.74, 6) is 1.40. The molecule has 1 aliphatic carbocycles. The van der Waals surface area contributed by atoms with E-state index in [0.717, 1.165) is 30.5 Å². The Balaban J connectivity index is 2.30. The number of rotatable bonds is 2. The highest BCUT2D eigenvalue weighted by Gasteiger charge is 2.25. The monoisotopic (exact) mass is 234 g/mol. The van der Waals surface area contributed by atoms with E-state index < -0.39 is 0 Å². The van der Waals surface area contributed by atoms with Crippen molar-refractivity contribution in [3.8, 4) is 0 Å². The van der Waals surface area contributed by atoms with E-state index in [0.29, 0.717) is 16.8 Å². The lowest BCUT2D eigenvalue weighted by Gasteiger charge is -2.24. The van der Waals surface area contributed by atoms with Crippen LogP contribution in [0.5, 0.6) is 0 Å². The molecule has 2 aromatic rings. The van der Waals surface area contributed by atoms with Gasteiger partial charge in [-0.15, -0.1) is 0 Å². The second-order valence-corrected chi connectivity index (χ2v) is 4.54. The lowest BCUT2D eigenvalue weighted by molar-refractivity contribution is 0.111. The maximum absolute atomic E-state index is 11.0. The molecule has 1 fully saturated rings. The summed E-state index contributed by atoms with van der Waals surface area (Å²) >= 11 is 6.08. The summed E-state index contributed by atoms with van der Waals surface area (Å²) in [5.41, 5.74) is 1.45. The summed E-state index contributed by atoms with van der Waals surface area (Å²) in [6.45, 7) is 0. The van der Waals surface area contributed by atoms with Gasteiger partial charge in [0.05, 0.1) is 11.2 Å². The molecular formula is C12H11ClN2O. The number of hydrogen-bond donors (Lipinski definition) is 0. The molecule has 0 amide bonds. The average Bonchev–Trinajstić information content (AvgIpc) is 2.54. The van der Waals surface area contributed by atoms with E-state index in [1.54, 1.807) is 6.07 Å². The lowest BCUT2D eigenvalue weighted by Crippen LogP contribution is -2.13. The van der Waals surface area contributed by atoms with Gasteiger partial charge in [0.2, 0.25) is 0 Å². The van der Waals surface area contributed by atoms with Crippen molar-refractivity contribution in [2.45, 2.75) is 25.2 Å². The Morgan fingerprint density at radius 1 is 1.44 bits per heavy atom. The molecule has 1 saturated carbocycles. The molecular weight excluding hydrogens is 224 g/mol. The van der Waals surface area contributed by atoms with Gasteiger partial charge in [-0.25, -0.2) is 4.98 Å². The first kappa shape index (κ1) is 9.85. The summed E-state index contributed by atoms with van der Waals surface area (Å²) in [6.07, 6.45) is 4.37. The van der Waals surface area contributed by atoms with E-state index in [2.05, 4.69) is 4.98 Å². The quantitative estimate of drug-likeness (QED) is 0.749. The number of nitrogens with zero attached hydrogens (tertiary/aromatic N) is 2. The third-order valence-corrected chi connectivity index (χ3v) is 3.54. The maximum atomic E-state index is 11.0. The van der Waals surface area contributed by atoms with Crippen LogP contribution in [0.4, 0.5) is 0 Å². The topological polar surface area (TPSA) is 34.4 Å². The van der Waals surface area contributed by atoms with Crippen molar-refractivity contribution in [2.24, 2.45) is 0 Å². The van der Waals surface area contributed by atoms with Crippen molar-refractivity contribution < 1.29 is 4.79 Å². The second-order valence-electron chi connectivity index (χ2n) is 4.18. The molecule has 0 spiro atoms. The Bertz CT molecular complexity index is 557. The van der Waals surface area contributed by atoms with Gasteiger partial charge in [-0.05, 0) is 25.0 Å². The van der Waals surface area contributed by atoms with Crippen LogP contribution in [-0.2, 0) is 0 Å². The van der Waals surface area contributed by atoms with Crippen LogP contribution in [0.25, 0.3) is 5.52 Å². The molecule has 0 radical (unpaired) electrons. The number of aromatic nitrogens is 2. The minimum atomic E-state index is 0.459. The molecule has 0 aromatic carbocycles.